The van der Waals surface area contributed by atoms with Crippen LogP contribution in [0.15, 0.2) is 12.1 Å². The predicted octanol–water partition coefficient (Wildman–Crippen LogP) is 1.56. The van der Waals surface area contributed by atoms with E-state index in [9.17, 15) is 13.2 Å². The Morgan fingerprint density at radius 2 is 2.12 bits per heavy atom. The fourth-order valence-corrected chi connectivity index (χ4v) is 1.35. The fraction of sp³-hybridized carbons (Fsp3) is 0.333. The first-order valence-electron chi connectivity index (χ1n) is 4.68. The zero-order chi connectivity index (χ0) is 12.6. The van der Waals surface area contributed by atoms with Crippen molar-refractivity contribution in [2.45, 2.75) is 13.1 Å². The van der Waals surface area contributed by atoms with Crippen molar-refractivity contribution in [3.05, 3.63) is 17.8 Å². The van der Waals surface area contributed by atoms with Gasteiger partial charge in [0.15, 0.2) is 18.0 Å². The smallest absolute Gasteiger partial charge is 0.422 e. The molecule has 2 heterocycles. The summed E-state index contributed by atoms with van der Waals surface area (Å²) in [4.78, 5) is 3.81. The Morgan fingerprint density at radius 3 is 2.76 bits per heavy atom. The molecule has 8 heteroatoms. The van der Waals surface area contributed by atoms with Gasteiger partial charge in [-0.1, -0.05) is 0 Å². The van der Waals surface area contributed by atoms with Crippen LogP contribution in [0.4, 0.5) is 19.1 Å². The number of hydrogen-bond acceptors (Lipinski definition) is 4. The molecule has 5 nitrogen and oxygen atoms in total. The standard InChI is InChI=1S/C9H9F3N4O/c1-5-2-3-6(17-4-9(10,11)12)7-14-8(13)15-16(5)7/h2-3H,4H2,1H3,(H2,13,15). The lowest BCUT2D eigenvalue weighted by Gasteiger charge is -2.09. The van der Waals surface area contributed by atoms with Crippen LogP contribution >= 0.6 is 0 Å². The summed E-state index contributed by atoms with van der Waals surface area (Å²) in [7, 11) is 0. The van der Waals surface area contributed by atoms with Crippen LogP contribution in [0.3, 0.4) is 0 Å². The number of halogens is 3. The van der Waals surface area contributed by atoms with Crippen LogP contribution in [0.25, 0.3) is 5.65 Å². The molecule has 0 radical (unpaired) electrons. The summed E-state index contributed by atoms with van der Waals surface area (Å²) in [5.41, 5.74) is 6.26. The van der Waals surface area contributed by atoms with Crippen LogP contribution in [0.2, 0.25) is 0 Å². The van der Waals surface area contributed by atoms with E-state index in [0.29, 0.717) is 5.69 Å². The van der Waals surface area contributed by atoms with Crippen molar-refractivity contribution in [3.63, 3.8) is 0 Å². The molecule has 0 aliphatic rings. The minimum atomic E-state index is -4.40. The Morgan fingerprint density at radius 1 is 1.41 bits per heavy atom. The third kappa shape index (κ3) is 2.40. The molecule has 0 atom stereocenters. The van der Waals surface area contributed by atoms with Gasteiger partial charge in [-0.3, -0.25) is 0 Å². The molecule has 92 valence electrons. The second kappa shape index (κ2) is 3.79. The van der Waals surface area contributed by atoms with Gasteiger partial charge in [-0.05, 0) is 19.1 Å². The number of nitrogens with zero attached hydrogens (tertiary/aromatic N) is 3. The number of anilines is 1. The second-order valence-electron chi connectivity index (χ2n) is 3.45. The molecule has 0 spiro atoms. The highest BCUT2D eigenvalue weighted by Crippen LogP contribution is 2.23. The highest BCUT2D eigenvalue weighted by Gasteiger charge is 2.29. The number of ether oxygens (including phenoxy) is 1. The highest BCUT2D eigenvalue weighted by atomic mass is 19.4. The minimum absolute atomic E-state index is 0.00266. The predicted molar refractivity (Wildman–Crippen MR) is 53.7 cm³/mol. The third-order valence-electron chi connectivity index (χ3n) is 2.05. The molecule has 0 bridgehead atoms. The van der Waals surface area contributed by atoms with Gasteiger partial charge in [0.05, 0.1) is 0 Å². The number of hydrogen-bond donors (Lipinski definition) is 1. The molecule has 2 N–H and O–H groups in total. The highest BCUT2D eigenvalue weighted by molar-refractivity contribution is 5.56. The van der Waals surface area contributed by atoms with Crippen LogP contribution < -0.4 is 10.5 Å². The van der Waals surface area contributed by atoms with E-state index in [1.807, 2.05) is 0 Å². The van der Waals surface area contributed by atoms with E-state index in [1.54, 1.807) is 13.0 Å². The Balaban J connectivity index is 2.38. The summed E-state index contributed by atoms with van der Waals surface area (Å²) in [6.07, 6.45) is -4.40. The van der Waals surface area contributed by atoms with Crippen LogP contribution in [0.1, 0.15) is 5.69 Å². The molecular formula is C9H9F3N4O. The number of aromatic nitrogens is 3. The SMILES string of the molecule is Cc1ccc(OCC(F)(F)F)c2nc(N)nn12. The van der Waals surface area contributed by atoms with Crippen molar-refractivity contribution < 1.29 is 17.9 Å². The van der Waals surface area contributed by atoms with Gasteiger partial charge in [-0.2, -0.15) is 18.2 Å². The van der Waals surface area contributed by atoms with Crippen molar-refractivity contribution in [3.8, 4) is 5.75 Å². The Hall–Kier alpha value is -1.99. The molecular weight excluding hydrogens is 237 g/mol. The lowest BCUT2D eigenvalue weighted by atomic mass is 10.3. The zero-order valence-electron chi connectivity index (χ0n) is 8.82. The average Bonchev–Trinajstić information content (AvgIpc) is 2.58. The quantitative estimate of drug-likeness (QED) is 0.873. The van der Waals surface area contributed by atoms with Gasteiger partial charge in [0.2, 0.25) is 5.95 Å². The normalized spacial score (nSPS) is 12.0. The summed E-state index contributed by atoms with van der Waals surface area (Å²) in [5, 5.41) is 3.84. The zero-order valence-corrected chi connectivity index (χ0v) is 8.82. The molecule has 0 saturated carbocycles. The van der Waals surface area contributed by atoms with Crippen molar-refractivity contribution >= 4 is 11.6 Å². The summed E-state index contributed by atoms with van der Waals surface area (Å²) in [6, 6.07) is 2.98. The van der Waals surface area contributed by atoms with Gasteiger partial charge in [0, 0.05) is 5.69 Å². The molecule has 2 aromatic rings. The monoisotopic (exact) mass is 246 g/mol. The van der Waals surface area contributed by atoms with Gasteiger partial charge < -0.3 is 10.5 Å². The number of fused-ring (bicyclic) bond motifs is 1. The molecule has 2 aromatic heterocycles. The first-order valence-corrected chi connectivity index (χ1v) is 4.68. The molecule has 0 aromatic carbocycles. The van der Waals surface area contributed by atoms with E-state index in [0.717, 1.165) is 0 Å². The maximum atomic E-state index is 12.0. The first kappa shape index (κ1) is 11.5. The van der Waals surface area contributed by atoms with Crippen molar-refractivity contribution in [2.75, 3.05) is 12.3 Å². The van der Waals surface area contributed by atoms with Crippen molar-refractivity contribution in [1.82, 2.24) is 14.6 Å². The lowest BCUT2D eigenvalue weighted by Crippen LogP contribution is -2.19. The van der Waals surface area contributed by atoms with Crippen LogP contribution in [0, 0.1) is 6.92 Å². The number of aryl methyl sites for hydroxylation is 1. The van der Waals surface area contributed by atoms with E-state index < -0.39 is 12.8 Å². The third-order valence-corrected chi connectivity index (χ3v) is 2.05. The molecule has 0 saturated heterocycles. The number of nitrogens with two attached hydrogens (primary N) is 1. The van der Waals surface area contributed by atoms with Gasteiger partial charge in [-0.15, -0.1) is 5.10 Å². The van der Waals surface area contributed by atoms with Crippen LogP contribution in [-0.2, 0) is 0 Å². The summed E-state index contributed by atoms with van der Waals surface area (Å²) < 4.78 is 42.1. The lowest BCUT2D eigenvalue weighted by molar-refractivity contribution is -0.153. The Kier molecular flexibility index (Phi) is 2.56. The largest absolute Gasteiger partial charge is 0.480 e. The summed E-state index contributed by atoms with van der Waals surface area (Å²) in [5.74, 6) is -0.0201. The van der Waals surface area contributed by atoms with E-state index in [4.69, 9.17) is 5.73 Å². The molecule has 17 heavy (non-hydrogen) atoms. The molecule has 0 aliphatic carbocycles. The van der Waals surface area contributed by atoms with Crippen molar-refractivity contribution in [2.24, 2.45) is 0 Å². The molecule has 0 aliphatic heterocycles. The summed E-state index contributed by atoms with van der Waals surface area (Å²) in [6.45, 7) is 0.354. The van der Waals surface area contributed by atoms with E-state index in [-0.39, 0.29) is 17.3 Å². The minimum Gasteiger partial charge on any atom is -0.480 e. The maximum Gasteiger partial charge on any atom is 0.422 e. The maximum absolute atomic E-state index is 12.0. The van der Waals surface area contributed by atoms with Gasteiger partial charge in [-0.25, -0.2) is 4.52 Å². The number of rotatable bonds is 2. The van der Waals surface area contributed by atoms with Gasteiger partial charge in [0.25, 0.3) is 0 Å². The summed E-state index contributed by atoms with van der Waals surface area (Å²) >= 11 is 0. The molecule has 2 rings (SSSR count). The topological polar surface area (TPSA) is 65.4 Å². The van der Waals surface area contributed by atoms with Crippen LogP contribution in [0.5, 0.6) is 5.75 Å². The molecule has 0 amide bonds. The fourth-order valence-electron chi connectivity index (χ4n) is 1.35. The van der Waals surface area contributed by atoms with Crippen molar-refractivity contribution in [1.29, 1.82) is 0 Å². The average molecular weight is 246 g/mol. The Labute approximate surface area is 94.0 Å². The first-order chi connectivity index (χ1) is 7.87. The number of nitrogen functional groups attached to an aromatic ring is 1. The second-order valence-corrected chi connectivity index (χ2v) is 3.45. The molecule has 0 unspecified atom stereocenters. The Bertz CT molecular complexity index is 549. The van der Waals surface area contributed by atoms with Gasteiger partial charge in [0.1, 0.15) is 0 Å². The number of alkyl halides is 3. The number of pyridine rings is 1. The van der Waals surface area contributed by atoms with E-state index >= 15 is 0 Å². The molecule has 0 fully saturated rings. The van der Waals surface area contributed by atoms with E-state index in [1.165, 1.54) is 10.6 Å². The van der Waals surface area contributed by atoms with Gasteiger partial charge >= 0.3 is 6.18 Å². The van der Waals surface area contributed by atoms with Crippen LogP contribution in [-0.4, -0.2) is 27.4 Å². The van der Waals surface area contributed by atoms with E-state index in [2.05, 4.69) is 14.8 Å².